The molecule has 8 nitrogen and oxygen atoms in total. The average Bonchev–Trinajstić information content (AvgIpc) is 3.05. The molecule has 156 valence electrons. The second-order valence-corrected chi connectivity index (χ2v) is 7.91. The first-order valence-corrected chi connectivity index (χ1v) is 9.89. The average molecular weight is 401 g/mol. The molecule has 0 spiro atoms. The Morgan fingerprint density at radius 1 is 1.24 bits per heavy atom. The van der Waals surface area contributed by atoms with Crippen LogP contribution in [0.3, 0.4) is 0 Å². The quantitative estimate of drug-likeness (QED) is 0.728. The first kappa shape index (κ1) is 20.7. The van der Waals surface area contributed by atoms with E-state index in [4.69, 9.17) is 9.84 Å². The van der Waals surface area contributed by atoms with E-state index in [0.29, 0.717) is 11.6 Å². The second kappa shape index (κ2) is 8.55. The van der Waals surface area contributed by atoms with E-state index in [1.807, 2.05) is 13.8 Å². The predicted molar refractivity (Wildman–Crippen MR) is 108 cm³/mol. The molecule has 0 bridgehead atoms. The van der Waals surface area contributed by atoms with Crippen LogP contribution in [0.1, 0.15) is 46.5 Å². The van der Waals surface area contributed by atoms with E-state index in [1.54, 1.807) is 12.1 Å². The summed E-state index contributed by atoms with van der Waals surface area (Å²) in [6.07, 6.45) is 3.54. The summed E-state index contributed by atoms with van der Waals surface area (Å²) in [4.78, 5) is 26.1. The number of aromatic nitrogens is 2. The molecule has 0 saturated heterocycles. The number of carbonyl (C=O) groups excluding carboxylic acids is 1. The number of anilines is 1. The van der Waals surface area contributed by atoms with E-state index < -0.39 is 6.16 Å². The maximum atomic E-state index is 13.3. The number of carboxylic acid groups (broad SMARTS) is 1. The fourth-order valence-electron chi connectivity index (χ4n) is 3.76. The highest BCUT2D eigenvalue weighted by Crippen LogP contribution is 2.35. The summed E-state index contributed by atoms with van der Waals surface area (Å²) in [5.74, 6) is 0.623. The molecular formula is C21H27N3O5. The zero-order valence-electron chi connectivity index (χ0n) is 16.9. The highest BCUT2D eigenvalue weighted by Gasteiger charge is 2.34. The number of nitrogens with zero attached hydrogens (tertiary/aromatic N) is 3. The van der Waals surface area contributed by atoms with Crippen molar-refractivity contribution in [1.82, 2.24) is 9.78 Å². The van der Waals surface area contributed by atoms with Crippen LogP contribution < -0.4 is 9.64 Å². The fourth-order valence-corrected chi connectivity index (χ4v) is 3.76. The van der Waals surface area contributed by atoms with Gasteiger partial charge in [0, 0.05) is 18.0 Å². The number of aromatic hydroxyl groups is 1. The first-order valence-electron chi connectivity index (χ1n) is 9.89. The van der Waals surface area contributed by atoms with Crippen molar-refractivity contribution in [2.45, 2.75) is 52.5 Å². The Morgan fingerprint density at radius 3 is 2.52 bits per heavy atom. The molecule has 1 aromatic carbocycles. The van der Waals surface area contributed by atoms with Crippen LogP contribution in [0, 0.1) is 11.8 Å². The number of benzene rings is 1. The van der Waals surface area contributed by atoms with Gasteiger partial charge >= 0.3 is 6.16 Å². The number of rotatable bonds is 5. The van der Waals surface area contributed by atoms with Crippen LogP contribution in [-0.2, 0) is 4.79 Å². The Labute approximate surface area is 169 Å². The summed E-state index contributed by atoms with van der Waals surface area (Å²) in [6, 6.07) is 6.15. The predicted octanol–water partition coefficient (Wildman–Crippen LogP) is 4.20. The van der Waals surface area contributed by atoms with Gasteiger partial charge < -0.3 is 14.9 Å². The number of carbonyl (C=O) groups is 2. The summed E-state index contributed by atoms with van der Waals surface area (Å²) in [6.45, 7) is 5.92. The minimum Gasteiger partial charge on any atom is -0.508 e. The number of ether oxygens (including phenoxy) is 1. The summed E-state index contributed by atoms with van der Waals surface area (Å²) in [5.41, 5.74) is 0.522. The van der Waals surface area contributed by atoms with Gasteiger partial charge in [0.2, 0.25) is 11.7 Å². The van der Waals surface area contributed by atoms with Gasteiger partial charge in [-0.05, 0) is 57.6 Å². The van der Waals surface area contributed by atoms with Gasteiger partial charge in [-0.1, -0.05) is 13.0 Å². The molecule has 2 aromatic rings. The van der Waals surface area contributed by atoms with Gasteiger partial charge in [-0.25, -0.2) is 9.48 Å². The summed E-state index contributed by atoms with van der Waals surface area (Å²) in [7, 11) is 0. The molecule has 1 amide bonds. The lowest BCUT2D eigenvalue weighted by Crippen LogP contribution is -2.42. The van der Waals surface area contributed by atoms with Gasteiger partial charge in [0.05, 0.1) is 11.9 Å². The lowest BCUT2D eigenvalue weighted by molar-refractivity contribution is -0.124. The van der Waals surface area contributed by atoms with Crippen LogP contribution in [0.15, 0.2) is 30.5 Å². The molecule has 1 aliphatic carbocycles. The Morgan fingerprint density at radius 2 is 1.93 bits per heavy atom. The monoisotopic (exact) mass is 401 g/mol. The van der Waals surface area contributed by atoms with E-state index in [9.17, 15) is 14.7 Å². The third kappa shape index (κ3) is 4.70. The molecule has 1 aliphatic rings. The fraction of sp³-hybridized carbons (Fsp3) is 0.476. The van der Waals surface area contributed by atoms with Gasteiger partial charge in [-0.2, -0.15) is 0 Å². The summed E-state index contributed by atoms with van der Waals surface area (Å²) < 4.78 is 6.34. The Hall–Kier alpha value is -3.03. The first-order chi connectivity index (χ1) is 13.8. The standard InChI is InChI=1S/C21H27N3O5/c1-13(2)24(20(26)15-9-7-14(3)8-10-15)19-18(29-21(27)28)12-23(22-19)16-5-4-6-17(25)11-16/h4-6,11-15,25H,7-10H2,1-3H3,(H,27,28). The Balaban J connectivity index is 2.00. The largest absolute Gasteiger partial charge is 0.511 e. The highest BCUT2D eigenvalue weighted by molar-refractivity contribution is 5.96. The van der Waals surface area contributed by atoms with Crippen molar-refractivity contribution >= 4 is 17.9 Å². The normalized spacial score (nSPS) is 19.2. The number of hydrogen-bond acceptors (Lipinski definition) is 5. The lowest BCUT2D eigenvalue weighted by atomic mass is 9.82. The van der Waals surface area contributed by atoms with Crippen LogP contribution in [0.5, 0.6) is 11.5 Å². The summed E-state index contributed by atoms with van der Waals surface area (Å²) >= 11 is 0. The third-order valence-corrected chi connectivity index (χ3v) is 5.30. The van der Waals surface area contributed by atoms with Crippen molar-refractivity contribution in [3.8, 4) is 17.2 Å². The molecule has 1 saturated carbocycles. The van der Waals surface area contributed by atoms with Gasteiger partial charge in [0.15, 0.2) is 5.75 Å². The van der Waals surface area contributed by atoms with Gasteiger partial charge in [-0.3, -0.25) is 9.69 Å². The van der Waals surface area contributed by atoms with Crippen LogP contribution >= 0.6 is 0 Å². The number of phenols is 1. The number of phenolic OH excluding ortho intramolecular Hbond substituents is 1. The molecule has 1 fully saturated rings. The van der Waals surface area contributed by atoms with Gasteiger partial charge in [0.25, 0.3) is 0 Å². The van der Waals surface area contributed by atoms with E-state index in [0.717, 1.165) is 25.7 Å². The third-order valence-electron chi connectivity index (χ3n) is 5.30. The Bertz CT molecular complexity index is 884. The molecule has 1 aromatic heterocycles. The second-order valence-electron chi connectivity index (χ2n) is 7.91. The minimum atomic E-state index is -1.48. The Kier molecular flexibility index (Phi) is 6.10. The molecule has 2 N–H and O–H groups in total. The highest BCUT2D eigenvalue weighted by atomic mass is 16.7. The maximum absolute atomic E-state index is 13.3. The molecule has 0 radical (unpaired) electrons. The van der Waals surface area contributed by atoms with E-state index in [2.05, 4.69) is 12.0 Å². The lowest BCUT2D eigenvalue weighted by Gasteiger charge is -2.32. The van der Waals surface area contributed by atoms with E-state index >= 15 is 0 Å². The zero-order valence-corrected chi connectivity index (χ0v) is 16.9. The van der Waals surface area contributed by atoms with Crippen LogP contribution in [0.2, 0.25) is 0 Å². The van der Waals surface area contributed by atoms with Crippen molar-refractivity contribution in [2.24, 2.45) is 11.8 Å². The van der Waals surface area contributed by atoms with Crippen LogP contribution in [0.25, 0.3) is 5.69 Å². The van der Waals surface area contributed by atoms with Crippen LogP contribution in [-0.4, -0.2) is 38.1 Å². The van der Waals surface area contributed by atoms with E-state index in [-0.39, 0.29) is 35.2 Å². The number of amides is 1. The topological polar surface area (TPSA) is 105 Å². The zero-order chi connectivity index (χ0) is 21.1. The minimum absolute atomic E-state index is 0.0212. The van der Waals surface area contributed by atoms with Gasteiger partial charge in [-0.15, -0.1) is 5.10 Å². The molecule has 0 aliphatic heterocycles. The molecule has 0 unspecified atom stereocenters. The molecule has 0 atom stereocenters. The SMILES string of the molecule is CC1CCC(C(=O)N(c2nn(-c3cccc(O)c3)cc2OC(=O)O)C(C)C)CC1. The summed E-state index contributed by atoms with van der Waals surface area (Å²) in [5, 5.41) is 23.3. The molecule has 1 heterocycles. The van der Waals surface area contributed by atoms with E-state index in [1.165, 1.54) is 27.9 Å². The molecule has 3 rings (SSSR count). The molecule has 8 heteroatoms. The van der Waals surface area contributed by atoms with Gasteiger partial charge in [0.1, 0.15) is 5.75 Å². The maximum Gasteiger partial charge on any atom is 0.511 e. The van der Waals surface area contributed by atoms with Crippen LogP contribution in [0.4, 0.5) is 10.6 Å². The van der Waals surface area contributed by atoms with Crippen molar-refractivity contribution in [1.29, 1.82) is 0 Å². The smallest absolute Gasteiger partial charge is 0.508 e. The van der Waals surface area contributed by atoms with Crippen molar-refractivity contribution in [3.63, 3.8) is 0 Å². The number of hydrogen-bond donors (Lipinski definition) is 2. The molecular weight excluding hydrogens is 374 g/mol. The van der Waals surface area contributed by atoms with Crippen molar-refractivity contribution < 1.29 is 24.5 Å². The molecule has 29 heavy (non-hydrogen) atoms. The van der Waals surface area contributed by atoms with Crippen molar-refractivity contribution in [3.05, 3.63) is 30.5 Å². The van der Waals surface area contributed by atoms with Crippen molar-refractivity contribution in [2.75, 3.05) is 4.90 Å².